The van der Waals surface area contributed by atoms with Gasteiger partial charge in [0.1, 0.15) is 0 Å². The highest BCUT2D eigenvalue weighted by Gasteiger charge is 2.26. The molecule has 1 aliphatic heterocycles. The zero-order chi connectivity index (χ0) is 15.0. The first-order valence-corrected chi connectivity index (χ1v) is 6.37. The van der Waals surface area contributed by atoms with Crippen molar-refractivity contribution in [3.8, 4) is 0 Å². The van der Waals surface area contributed by atoms with Gasteiger partial charge in [0.2, 0.25) is 11.8 Å². The summed E-state index contributed by atoms with van der Waals surface area (Å²) < 4.78 is 0. The average Bonchev–Trinajstić information content (AvgIpc) is 2.91. The van der Waals surface area contributed by atoms with Crippen LogP contribution in [0.5, 0.6) is 0 Å². The molecule has 4 N–H and O–H groups in total. The van der Waals surface area contributed by atoms with Crippen molar-refractivity contribution in [3.63, 3.8) is 0 Å². The second kappa shape index (κ2) is 4.89. The molecule has 108 valence electrons. The largest absolute Gasteiger partial charge is 0.478 e. The number of carboxylic acid groups (broad SMARTS) is 1. The maximum Gasteiger partial charge on any atom is 0.335 e. The molecule has 0 aliphatic carbocycles. The van der Waals surface area contributed by atoms with E-state index in [0.29, 0.717) is 25.1 Å². The van der Waals surface area contributed by atoms with E-state index in [4.69, 9.17) is 5.73 Å². The first-order valence-electron chi connectivity index (χ1n) is 6.37. The number of nitrogens with two attached hydrogens (primary N) is 1. The maximum absolute atomic E-state index is 12.3. The van der Waals surface area contributed by atoms with Crippen LogP contribution in [0.15, 0.2) is 18.2 Å². The molecule has 3 rings (SSSR count). The minimum atomic E-state index is -0.949. The second-order valence-electron chi connectivity index (χ2n) is 4.77. The Balaban J connectivity index is 1.86. The van der Waals surface area contributed by atoms with Gasteiger partial charge in [-0.3, -0.25) is 9.89 Å². The molecular formula is C13H13N5O3. The normalized spacial score (nSPS) is 13.8. The van der Waals surface area contributed by atoms with E-state index in [1.807, 2.05) is 6.07 Å². The van der Waals surface area contributed by atoms with Crippen LogP contribution in [0, 0.1) is 0 Å². The minimum absolute atomic E-state index is 0.0175. The van der Waals surface area contributed by atoms with Crippen molar-refractivity contribution in [1.29, 1.82) is 0 Å². The number of H-pyrrole nitrogens is 1. The van der Waals surface area contributed by atoms with E-state index >= 15 is 0 Å². The molecule has 1 aliphatic rings. The molecule has 1 aromatic heterocycles. The third kappa shape index (κ3) is 2.31. The summed E-state index contributed by atoms with van der Waals surface area (Å²) in [5, 5.41) is 15.3. The van der Waals surface area contributed by atoms with Crippen LogP contribution in [0.3, 0.4) is 0 Å². The molecule has 0 fully saturated rings. The van der Waals surface area contributed by atoms with Crippen LogP contribution in [-0.4, -0.2) is 43.6 Å². The molecule has 1 aromatic carbocycles. The number of carbonyl (C=O) groups is 2. The molecule has 8 heteroatoms. The summed E-state index contributed by atoms with van der Waals surface area (Å²) in [6.45, 7) is 0.770. The fraction of sp³-hybridized carbons (Fsp3) is 0.231. The number of aromatic carboxylic acids is 1. The molecule has 0 atom stereocenters. The summed E-state index contributed by atoms with van der Waals surface area (Å²) in [7, 11) is 0. The van der Waals surface area contributed by atoms with Crippen molar-refractivity contribution in [1.82, 2.24) is 20.1 Å². The Morgan fingerprint density at radius 2 is 2.19 bits per heavy atom. The van der Waals surface area contributed by atoms with E-state index in [9.17, 15) is 14.7 Å². The number of amides is 1. The Hall–Kier alpha value is -2.90. The van der Waals surface area contributed by atoms with Crippen LogP contribution < -0.4 is 5.73 Å². The Morgan fingerprint density at radius 3 is 2.86 bits per heavy atom. The summed E-state index contributed by atoms with van der Waals surface area (Å²) in [5.74, 6) is -1.14. The number of rotatable bonds is 2. The summed E-state index contributed by atoms with van der Waals surface area (Å²) in [4.78, 5) is 28.9. The average molecular weight is 287 g/mol. The molecule has 8 nitrogen and oxygen atoms in total. The van der Waals surface area contributed by atoms with Gasteiger partial charge in [-0.25, -0.2) is 4.79 Å². The van der Waals surface area contributed by atoms with Gasteiger partial charge in [-0.15, -0.1) is 5.10 Å². The van der Waals surface area contributed by atoms with E-state index in [1.165, 1.54) is 0 Å². The number of hydrogen-bond donors (Lipinski definition) is 3. The van der Waals surface area contributed by atoms with Gasteiger partial charge in [0, 0.05) is 13.1 Å². The number of nitrogen functional groups attached to an aromatic ring is 1. The predicted octanol–water partition coefficient (Wildman–Crippen LogP) is 0.284. The Bertz CT molecular complexity index is 724. The highest BCUT2D eigenvalue weighted by Crippen LogP contribution is 2.23. The van der Waals surface area contributed by atoms with Crippen LogP contribution in [0.2, 0.25) is 0 Å². The van der Waals surface area contributed by atoms with E-state index in [2.05, 4.69) is 15.2 Å². The van der Waals surface area contributed by atoms with Crippen molar-refractivity contribution < 1.29 is 14.7 Å². The highest BCUT2D eigenvalue weighted by atomic mass is 16.4. The van der Waals surface area contributed by atoms with Crippen LogP contribution in [0.4, 0.5) is 5.95 Å². The predicted molar refractivity (Wildman–Crippen MR) is 72.6 cm³/mol. The van der Waals surface area contributed by atoms with Gasteiger partial charge in [-0.05, 0) is 23.6 Å². The van der Waals surface area contributed by atoms with Gasteiger partial charge in [-0.2, -0.15) is 4.98 Å². The third-order valence-corrected chi connectivity index (χ3v) is 3.49. The van der Waals surface area contributed by atoms with Crippen LogP contribution in [0.1, 0.15) is 32.1 Å². The molecule has 0 radical (unpaired) electrons. The van der Waals surface area contributed by atoms with Crippen molar-refractivity contribution in [2.24, 2.45) is 0 Å². The third-order valence-electron chi connectivity index (χ3n) is 3.49. The van der Waals surface area contributed by atoms with Crippen molar-refractivity contribution in [2.45, 2.75) is 13.0 Å². The van der Waals surface area contributed by atoms with Crippen LogP contribution in [0.25, 0.3) is 0 Å². The van der Waals surface area contributed by atoms with Crippen LogP contribution in [-0.2, 0) is 13.0 Å². The van der Waals surface area contributed by atoms with Gasteiger partial charge in [0.25, 0.3) is 5.91 Å². The molecule has 0 bridgehead atoms. The Labute approximate surface area is 119 Å². The lowest BCUT2D eigenvalue weighted by Crippen LogP contribution is -2.37. The number of aromatic amines is 1. The lowest BCUT2D eigenvalue weighted by atomic mass is 9.94. The van der Waals surface area contributed by atoms with E-state index in [1.54, 1.807) is 17.0 Å². The van der Waals surface area contributed by atoms with Gasteiger partial charge < -0.3 is 15.7 Å². The molecule has 21 heavy (non-hydrogen) atoms. The number of carbonyl (C=O) groups excluding carboxylic acids is 1. The number of carboxylic acids is 1. The van der Waals surface area contributed by atoms with E-state index < -0.39 is 5.97 Å². The van der Waals surface area contributed by atoms with Gasteiger partial charge >= 0.3 is 5.97 Å². The lowest BCUT2D eigenvalue weighted by molar-refractivity contribution is 0.0693. The minimum Gasteiger partial charge on any atom is -0.478 e. The van der Waals surface area contributed by atoms with Gasteiger partial charge in [0.15, 0.2) is 0 Å². The lowest BCUT2D eigenvalue weighted by Gasteiger charge is -2.28. The molecule has 0 saturated carbocycles. The zero-order valence-electron chi connectivity index (χ0n) is 11.0. The molecule has 0 saturated heterocycles. The Kier molecular flexibility index (Phi) is 3.05. The molecule has 1 amide bonds. The first kappa shape index (κ1) is 13.1. The molecule has 2 heterocycles. The fourth-order valence-electron chi connectivity index (χ4n) is 2.50. The van der Waals surface area contributed by atoms with E-state index in [-0.39, 0.29) is 17.7 Å². The fourth-order valence-corrected chi connectivity index (χ4v) is 2.50. The summed E-state index contributed by atoms with van der Waals surface area (Å²) in [6, 6.07) is 5.09. The number of fused-ring (bicyclic) bond motifs is 1. The molecule has 0 unspecified atom stereocenters. The van der Waals surface area contributed by atoms with Gasteiger partial charge in [-0.1, -0.05) is 12.1 Å². The van der Waals surface area contributed by atoms with Crippen LogP contribution >= 0.6 is 0 Å². The molecule has 2 aromatic rings. The standard InChI is InChI=1S/C13H13N5O3/c14-13-15-10(16-17-13)11(19)18-5-4-8-7(6-18)2-1-3-9(8)12(20)21/h1-3H,4-6H2,(H,20,21)(H3,14,15,16,17). The highest BCUT2D eigenvalue weighted by molar-refractivity contribution is 5.92. The van der Waals surface area contributed by atoms with E-state index in [0.717, 1.165) is 11.1 Å². The zero-order valence-corrected chi connectivity index (χ0v) is 11.0. The number of anilines is 1. The number of aromatic nitrogens is 3. The maximum atomic E-state index is 12.3. The van der Waals surface area contributed by atoms with Crippen molar-refractivity contribution in [3.05, 3.63) is 40.7 Å². The quantitative estimate of drug-likeness (QED) is 0.728. The summed E-state index contributed by atoms with van der Waals surface area (Å²) in [6.07, 6.45) is 0.493. The Morgan fingerprint density at radius 1 is 1.38 bits per heavy atom. The smallest absolute Gasteiger partial charge is 0.335 e. The van der Waals surface area contributed by atoms with Gasteiger partial charge in [0.05, 0.1) is 5.56 Å². The number of hydrogen-bond acceptors (Lipinski definition) is 5. The number of nitrogens with zero attached hydrogens (tertiary/aromatic N) is 3. The topological polar surface area (TPSA) is 125 Å². The molecular weight excluding hydrogens is 274 g/mol. The molecule has 0 spiro atoms. The SMILES string of the molecule is Nc1n[nH]c(C(=O)N2CCc3c(cccc3C(=O)O)C2)n1. The van der Waals surface area contributed by atoms with Crippen molar-refractivity contribution >= 4 is 17.8 Å². The number of benzene rings is 1. The second-order valence-corrected chi connectivity index (χ2v) is 4.77. The monoisotopic (exact) mass is 287 g/mol. The number of nitrogens with one attached hydrogen (secondary N) is 1. The summed E-state index contributed by atoms with van der Waals surface area (Å²) >= 11 is 0. The van der Waals surface area contributed by atoms with Crippen molar-refractivity contribution in [2.75, 3.05) is 12.3 Å². The first-order chi connectivity index (χ1) is 10.1. The summed E-state index contributed by atoms with van der Waals surface area (Å²) in [5.41, 5.74) is 7.30.